The Balaban J connectivity index is 1.72. The van der Waals surface area contributed by atoms with E-state index >= 15 is 0 Å². The van der Waals surface area contributed by atoms with Crippen LogP contribution in [0.25, 0.3) is 0 Å². The topological polar surface area (TPSA) is 76.0 Å². The summed E-state index contributed by atoms with van der Waals surface area (Å²) in [6.07, 6.45) is 3.35. The molecule has 6 nitrogen and oxygen atoms in total. The molecule has 3 rings (SSSR count). The first-order valence-corrected chi connectivity index (χ1v) is 8.69. The van der Waals surface area contributed by atoms with Crippen LogP contribution in [0.5, 0.6) is 0 Å². The standard InChI is InChI=1S/C15H14N4O2S2/c1-2-19-9-10(8-16-19)17-13(20)11-5-7-23-15(11)18-14(21)12-4-3-6-22-12/h3-9H,2H2,1H3,(H,17,20)(H,18,21). The lowest BCUT2D eigenvalue weighted by Gasteiger charge is -2.05. The summed E-state index contributed by atoms with van der Waals surface area (Å²) >= 11 is 2.67. The van der Waals surface area contributed by atoms with E-state index in [1.807, 2.05) is 18.4 Å². The third-order valence-corrected chi connectivity index (χ3v) is 4.80. The van der Waals surface area contributed by atoms with Gasteiger partial charge in [-0.05, 0) is 29.8 Å². The lowest BCUT2D eigenvalue weighted by molar-refractivity contribution is 0.102. The number of nitrogens with one attached hydrogen (secondary N) is 2. The maximum atomic E-state index is 12.4. The van der Waals surface area contributed by atoms with E-state index in [2.05, 4.69) is 15.7 Å². The molecule has 0 unspecified atom stereocenters. The highest BCUT2D eigenvalue weighted by Crippen LogP contribution is 2.25. The minimum Gasteiger partial charge on any atom is -0.319 e. The number of anilines is 2. The number of carbonyl (C=O) groups is 2. The first-order valence-electron chi connectivity index (χ1n) is 6.93. The monoisotopic (exact) mass is 346 g/mol. The van der Waals surface area contributed by atoms with E-state index in [0.29, 0.717) is 21.1 Å². The van der Waals surface area contributed by atoms with Gasteiger partial charge in [0, 0.05) is 12.7 Å². The maximum absolute atomic E-state index is 12.4. The number of hydrogen-bond acceptors (Lipinski definition) is 5. The lowest BCUT2D eigenvalue weighted by atomic mass is 10.3. The van der Waals surface area contributed by atoms with Gasteiger partial charge in [0.05, 0.1) is 22.3 Å². The Morgan fingerprint density at radius 2 is 2.04 bits per heavy atom. The Morgan fingerprint density at radius 1 is 1.17 bits per heavy atom. The highest BCUT2D eigenvalue weighted by atomic mass is 32.1. The molecule has 3 heterocycles. The van der Waals surface area contributed by atoms with Gasteiger partial charge in [-0.25, -0.2) is 0 Å². The first-order chi connectivity index (χ1) is 11.2. The molecule has 3 aromatic heterocycles. The van der Waals surface area contributed by atoms with Crippen molar-refractivity contribution in [3.63, 3.8) is 0 Å². The molecule has 0 aromatic carbocycles. The van der Waals surface area contributed by atoms with Crippen molar-refractivity contribution in [2.24, 2.45) is 0 Å². The smallest absolute Gasteiger partial charge is 0.266 e. The van der Waals surface area contributed by atoms with Crippen LogP contribution in [-0.2, 0) is 6.54 Å². The molecule has 2 amide bonds. The number of carbonyl (C=O) groups excluding carboxylic acids is 2. The van der Waals surface area contributed by atoms with Crippen molar-refractivity contribution in [1.29, 1.82) is 0 Å². The summed E-state index contributed by atoms with van der Waals surface area (Å²) in [5, 5.41) is 13.8. The molecular formula is C15H14N4O2S2. The van der Waals surface area contributed by atoms with E-state index in [1.54, 1.807) is 34.6 Å². The molecule has 118 valence electrons. The second-order valence-electron chi connectivity index (χ2n) is 4.63. The molecule has 0 saturated carbocycles. The normalized spacial score (nSPS) is 10.5. The van der Waals surface area contributed by atoms with Crippen LogP contribution in [0.15, 0.2) is 41.4 Å². The number of aryl methyl sites for hydroxylation is 1. The van der Waals surface area contributed by atoms with E-state index in [9.17, 15) is 9.59 Å². The lowest BCUT2D eigenvalue weighted by Crippen LogP contribution is -2.15. The molecule has 0 saturated heterocycles. The fraction of sp³-hybridized carbons (Fsp3) is 0.133. The minimum absolute atomic E-state index is 0.213. The van der Waals surface area contributed by atoms with Gasteiger partial charge >= 0.3 is 0 Å². The predicted molar refractivity (Wildman–Crippen MR) is 92.4 cm³/mol. The number of rotatable bonds is 5. The van der Waals surface area contributed by atoms with Gasteiger partial charge in [-0.15, -0.1) is 22.7 Å². The Morgan fingerprint density at radius 3 is 2.74 bits per heavy atom. The largest absolute Gasteiger partial charge is 0.319 e. The third kappa shape index (κ3) is 3.49. The summed E-state index contributed by atoms with van der Waals surface area (Å²) in [4.78, 5) is 25.1. The zero-order chi connectivity index (χ0) is 16.2. The van der Waals surface area contributed by atoms with Crippen LogP contribution in [0, 0.1) is 0 Å². The average Bonchev–Trinajstić information content (AvgIpc) is 3.28. The number of thiophene rings is 2. The fourth-order valence-corrected chi connectivity index (χ4v) is 3.36. The molecule has 0 radical (unpaired) electrons. The Hall–Kier alpha value is -2.45. The number of aromatic nitrogens is 2. The second kappa shape index (κ2) is 6.76. The van der Waals surface area contributed by atoms with Crippen LogP contribution in [0.2, 0.25) is 0 Å². The van der Waals surface area contributed by atoms with Crippen molar-refractivity contribution in [2.45, 2.75) is 13.5 Å². The second-order valence-corrected chi connectivity index (χ2v) is 6.50. The van der Waals surface area contributed by atoms with E-state index < -0.39 is 0 Å². The molecule has 3 aromatic rings. The summed E-state index contributed by atoms with van der Waals surface area (Å²) in [5.74, 6) is -0.487. The van der Waals surface area contributed by atoms with Gasteiger partial charge < -0.3 is 10.6 Å². The molecule has 0 spiro atoms. The van der Waals surface area contributed by atoms with E-state index in [-0.39, 0.29) is 11.8 Å². The van der Waals surface area contributed by atoms with Crippen molar-refractivity contribution in [2.75, 3.05) is 10.6 Å². The Bertz CT molecular complexity index is 820. The van der Waals surface area contributed by atoms with Gasteiger partial charge in [0.15, 0.2) is 0 Å². The summed E-state index contributed by atoms with van der Waals surface area (Å²) in [5.41, 5.74) is 1.06. The third-order valence-electron chi connectivity index (χ3n) is 3.10. The van der Waals surface area contributed by atoms with Gasteiger partial charge in [0.25, 0.3) is 11.8 Å². The SMILES string of the molecule is CCn1cc(NC(=O)c2ccsc2NC(=O)c2cccs2)cn1. The Kier molecular flexibility index (Phi) is 4.54. The van der Waals surface area contributed by atoms with Crippen LogP contribution in [0.1, 0.15) is 27.0 Å². The van der Waals surface area contributed by atoms with Gasteiger partial charge in [0.2, 0.25) is 0 Å². The van der Waals surface area contributed by atoms with Gasteiger partial charge in [0.1, 0.15) is 5.00 Å². The highest BCUT2D eigenvalue weighted by Gasteiger charge is 2.17. The first kappa shape index (κ1) is 15.4. The molecule has 0 bridgehead atoms. The number of hydrogen-bond donors (Lipinski definition) is 2. The van der Waals surface area contributed by atoms with Crippen LogP contribution in [-0.4, -0.2) is 21.6 Å². The molecule has 0 aliphatic heterocycles. The molecule has 0 atom stereocenters. The summed E-state index contributed by atoms with van der Waals surface area (Å²) in [7, 11) is 0. The molecule has 8 heteroatoms. The van der Waals surface area contributed by atoms with Crippen molar-refractivity contribution < 1.29 is 9.59 Å². The fourth-order valence-electron chi connectivity index (χ4n) is 1.96. The minimum atomic E-state index is -0.275. The molecule has 23 heavy (non-hydrogen) atoms. The van der Waals surface area contributed by atoms with E-state index in [1.165, 1.54) is 22.7 Å². The predicted octanol–water partition coefficient (Wildman–Crippen LogP) is 3.53. The van der Waals surface area contributed by atoms with Crippen molar-refractivity contribution in [3.8, 4) is 0 Å². The van der Waals surface area contributed by atoms with Crippen LogP contribution >= 0.6 is 22.7 Å². The zero-order valence-electron chi connectivity index (χ0n) is 12.3. The number of nitrogens with zero attached hydrogens (tertiary/aromatic N) is 2. The van der Waals surface area contributed by atoms with Crippen molar-refractivity contribution >= 4 is 45.2 Å². The molecular weight excluding hydrogens is 332 g/mol. The van der Waals surface area contributed by atoms with Crippen LogP contribution in [0.4, 0.5) is 10.7 Å². The van der Waals surface area contributed by atoms with Crippen molar-refractivity contribution in [3.05, 3.63) is 51.8 Å². The quantitative estimate of drug-likeness (QED) is 0.742. The average molecular weight is 346 g/mol. The molecule has 0 fully saturated rings. The summed E-state index contributed by atoms with van der Waals surface area (Å²) in [6.45, 7) is 2.70. The number of amides is 2. The molecule has 2 N–H and O–H groups in total. The molecule has 0 aliphatic rings. The van der Waals surface area contributed by atoms with E-state index in [0.717, 1.165) is 6.54 Å². The Labute approximate surface area is 140 Å². The summed E-state index contributed by atoms with van der Waals surface area (Å²) < 4.78 is 1.72. The van der Waals surface area contributed by atoms with Crippen LogP contribution < -0.4 is 10.6 Å². The maximum Gasteiger partial charge on any atom is 0.266 e. The van der Waals surface area contributed by atoms with Crippen molar-refractivity contribution in [1.82, 2.24) is 9.78 Å². The van der Waals surface area contributed by atoms with Gasteiger partial charge in [-0.1, -0.05) is 6.07 Å². The van der Waals surface area contributed by atoms with Gasteiger partial charge in [-0.2, -0.15) is 5.10 Å². The van der Waals surface area contributed by atoms with Gasteiger partial charge in [-0.3, -0.25) is 14.3 Å². The van der Waals surface area contributed by atoms with E-state index in [4.69, 9.17) is 0 Å². The molecule has 0 aliphatic carbocycles. The zero-order valence-corrected chi connectivity index (χ0v) is 13.9. The highest BCUT2D eigenvalue weighted by molar-refractivity contribution is 7.15. The van der Waals surface area contributed by atoms with Crippen LogP contribution in [0.3, 0.4) is 0 Å². The summed E-state index contributed by atoms with van der Waals surface area (Å²) in [6, 6.07) is 5.24.